The van der Waals surface area contributed by atoms with Gasteiger partial charge in [-0.1, -0.05) is 12.1 Å². The van der Waals surface area contributed by atoms with Crippen molar-refractivity contribution in [2.24, 2.45) is 0 Å². The summed E-state index contributed by atoms with van der Waals surface area (Å²) in [5.41, 5.74) is 3.72. The minimum absolute atomic E-state index is 0.0597. The van der Waals surface area contributed by atoms with Gasteiger partial charge in [-0.05, 0) is 54.8 Å². The van der Waals surface area contributed by atoms with Crippen molar-refractivity contribution in [2.75, 3.05) is 19.5 Å². The highest BCUT2D eigenvalue weighted by molar-refractivity contribution is 5.92. The van der Waals surface area contributed by atoms with Crippen LogP contribution >= 0.6 is 0 Å². The molecule has 1 N–H and O–H groups in total. The number of benzene rings is 2. The van der Waals surface area contributed by atoms with E-state index in [2.05, 4.69) is 5.32 Å². The summed E-state index contributed by atoms with van der Waals surface area (Å²) in [5, 5.41) is 2.90. The molecular weight excluding hydrogens is 278 g/mol. The van der Waals surface area contributed by atoms with Gasteiger partial charge in [0.2, 0.25) is 5.91 Å². The van der Waals surface area contributed by atoms with E-state index in [1.165, 1.54) is 0 Å². The Morgan fingerprint density at radius 1 is 0.955 bits per heavy atom. The lowest BCUT2D eigenvalue weighted by atomic mass is 10.1. The van der Waals surface area contributed by atoms with Gasteiger partial charge in [0.15, 0.2) is 0 Å². The molecule has 0 atom stereocenters. The molecular formula is C18H21NO3. The topological polar surface area (TPSA) is 47.6 Å². The fourth-order valence-corrected chi connectivity index (χ4v) is 2.32. The van der Waals surface area contributed by atoms with Gasteiger partial charge in [-0.2, -0.15) is 0 Å². The van der Waals surface area contributed by atoms with Gasteiger partial charge < -0.3 is 14.8 Å². The average Bonchev–Trinajstić information content (AvgIpc) is 2.49. The van der Waals surface area contributed by atoms with E-state index in [0.29, 0.717) is 6.42 Å². The summed E-state index contributed by atoms with van der Waals surface area (Å²) in [5.74, 6) is 1.54. The van der Waals surface area contributed by atoms with Crippen LogP contribution in [0.1, 0.15) is 16.7 Å². The lowest BCUT2D eigenvalue weighted by molar-refractivity contribution is -0.115. The van der Waals surface area contributed by atoms with Gasteiger partial charge in [-0.15, -0.1) is 0 Å². The van der Waals surface area contributed by atoms with Crippen LogP contribution in [0.2, 0.25) is 0 Å². The van der Waals surface area contributed by atoms with Crippen molar-refractivity contribution in [2.45, 2.75) is 20.3 Å². The Bertz CT molecular complexity index is 680. The summed E-state index contributed by atoms with van der Waals surface area (Å²) in [7, 11) is 3.26. The van der Waals surface area contributed by atoms with Crippen molar-refractivity contribution in [3.8, 4) is 11.5 Å². The summed E-state index contributed by atoms with van der Waals surface area (Å²) in [6.07, 6.45) is 0.307. The molecule has 0 spiro atoms. The first-order valence-corrected chi connectivity index (χ1v) is 7.11. The number of carbonyl (C=O) groups excluding carboxylic acids is 1. The number of hydrogen-bond donors (Lipinski definition) is 1. The second-order valence-corrected chi connectivity index (χ2v) is 5.21. The quantitative estimate of drug-likeness (QED) is 0.919. The molecule has 22 heavy (non-hydrogen) atoms. The molecule has 0 heterocycles. The van der Waals surface area contributed by atoms with E-state index < -0.39 is 0 Å². The molecule has 2 aromatic carbocycles. The fourth-order valence-electron chi connectivity index (χ4n) is 2.32. The monoisotopic (exact) mass is 299 g/mol. The van der Waals surface area contributed by atoms with Crippen LogP contribution in [-0.4, -0.2) is 20.1 Å². The van der Waals surface area contributed by atoms with Crippen LogP contribution in [0.15, 0.2) is 36.4 Å². The number of anilines is 1. The number of hydrogen-bond acceptors (Lipinski definition) is 3. The van der Waals surface area contributed by atoms with E-state index >= 15 is 0 Å². The molecule has 0 unspecified atom stereocenters. The standard InChI is InChI=1S/C18H21NO3/c1-12-5-6-14(10-17(12)22-4)11-18(20)19-15-7-8-16(21-3)13(2)9-15/h5-10H,11H2,1-4H3,(H,19,20). The highest BCUT2D eigenvalue weighted by Crippen LogP contribution is 2.22. The summed E-state index contributed by atoms with van der Waals surface area (Å²) in [6.45, 7) is 3.92. The van der Waals surface area contributed by atoms with E-state index in [4.69, 9.17) is 9.47 Å². The lowest BCUT2D eigenvalue weighted by Gasteiger charge is -2.10. The molecule has 4 heteroatoms. The molecule has 0 radical (unpaired) electrons. The van der Waals surface area contributed by atoms with Crippen molar-refractivity contribution >= 4 is 11.6 Å². The predicted molar refractivity (Wildman–Crippen MR) is 87.8 cm³/mol. The zero-order valence-electron chi connectivity index (χ0n) is 13.4. The zero-order valence-corrected chi connectivity index (χ0v) is 13.4. The number of nitrogens with one attached hydrogen (secondary N) is 1. The summed E-state index contributed by atoms with van der Waals surface area (Å²) in [4.78, 5) is 12.1. The fraction of sp³-hybridized carbons (Fsp3) is 0.278. The highest BCUT2D eigenvalue weighted by atomic mass is 16.5. The van der Waals surface area contributed by atoms with E-state index in [1.807, 2.05) is 50.2 Å². The van der Waals surface area contributed by atoms with E-state index in [-0.39, 0.29) is 5.91 Å². The van der Waals surface area contributed by atoms with Gasteiger partial charge >= 0.3 is 0 Å². The molecule has 0 aliphatic heterocycles. The normalized spacial score (nSPS) is 10.2. The Hall–Kier alpha value is -2.49. The van der Waals surface area contributed by atoms with Crippen LogP contribution in [0.5, 0.6) is 11.5 Å². The highest BCUT2D eigenvalue weighted by Gasteiger charge is 2.08. The SMILES string of the molecule is COc1ccc(NC(=O)Cc2ccc(C)c(OC)c2)cc1C. The van der Waals surface area contributed by atoms with E-state index in [1.54, 1.807) is 14.2 Å². The average molecular weight is 299 g/mol. The summed E-state index contributed by atoms with van der Waals surface area (Å²) in [6, 6.07) is 11.4. The molecule has 0 saturated carbocycles. The number of ether oxygens (including phenoxy) is 2. The molecule has 116 valence electrons. The smallest absolute Gasteiger partial charge is 0.228 e. The van der Waals surface area contributed by atoms with Crippen LogP contribution in [0.4, 0.5) is 5.69 Å². The third-order valence-corrected chi connectivity index (χ3v) is 3.52. The Labute approximate surface area is 131 Å². The molecule has 2 aromatic rings. The van der Waals surface area contributed by atoms with Crippen LogP contribution in [0.25, 0.3) is 0 Å². The van der Waals surface area contributed by atoms with Crippen molar-refractivity contribution in [3.63, 3.8) is 0 Å². The molecule has 4 nitrogen and oxygen atoms in total. The van der Waals surface area contributed by atoms with Crippen molar-refractivity contribution in [1.82, 2.24) is 0 Å². The first-order chi connectivity index (χ1) is 10.5. The zero-order chi connectivity index (χ0) is 16.1. The number of amides is 1. The maximum Gasteiger partial charge on any atom is 0.228 e. The molecule has 0 aliphatic carbocycles. The first-order valence-electron chi connectivity index (χ1n) is 7.11. The number of carbonyl (C=O) groups is 1. The first kappa shape index (κ1) is 15.9. The molecule has 2 rings (SSSR count). The Morgan fingerprint density at radius 2 is 1.68 bits per heavy atom. The number of rotatable bonds is 5. The third-order valence-electron chi connectivity index (χ3n) is 3.52. The predicted octanol–water partition coefficient (Wildman–Crippen LogP) is 3.50. The van der Waals surface area contributed by atoms with Gasteiger partial charge in [-0.3, -0.25) is 4.79 Å². The third kappa shape index (κ3) is 3.79. The largest absolute Gasteiger partial charge is 0.496 e. The van der Waals surface area contributed by atoms with Crippen molar-refractivity contribution < 1.29 is 14.3 Å². The molecule has 0 bridgehead atoms. The molecule has 1 amide bonds. The van der Waals surface area contributed by atoms with Gasteiger partial charge in [0.05, 0.1) is 20.6 Å². The van der Waals surface area contributed by atoms with Gasteiger partial charge in [0.1, 0.15) is 11.5 Å². The van der Waals surface area contributed by atoms with Gasteiger partial charge in [0, 0.05) is 5.69 Å². The second-order valence-electron chi connectivity index (χ2n) is 5.21. The van der Waals surface area contributed by atoms with Crippen molar-refractivity contribution in [1.29, 1.82) is 0 Å². The van der Waals surface area contributed by atoms with Crippen LogP contribution in [0.3, 0.4) is 0 Å². The van der Waals surface area contributed by atoms with Crippen molar-refractivity contribution in [3.05, 3.63) is 53.1 Å². The summed E-state index contributed by atoms with van der Waals surface area (Å²) < 4.78 is 10.5. The maximum atomic E-state index is 12.1. The summed E-state index contributed by atoms with van der Waals surface area (Å²) >= 11 is 0. The van der Waals surface area contributed by atoms with E-state index in [9.17, 15) is 4.79 Å². The number of aryl methyl sites for hydroxylation is 2. The number of methoxy groups -OCH3 is 2. The van der Waals surface area contributed by atoms with E-state index in [0.717, 1.165) is 33.9 Å². The minimum atomic E-state index is -0.0597. The molecule has 0 aliphatic rings. The van der Waals surface area contributed by atoms with Crippen LogP contribution in [0, 0.1) is 13.8 Å². The molecule has 0 saturated heterocycles. The van der Waals surface area contributed by atoms with Gasteiger partial charge in [-0.25, -0.2) is 0 Å². The Balaban J connectivity index is 2.05. The second kappa shape index (κ2) is 6.98. The minimum Gasteiger partial charge on any atom is -0.496 e. The maximum absolute atomic E-state index is 12.1. The molecule has 0 fully saturated rings. The van der Waals surface area contributed by atoms with Crippen LogP contribution < -0.4 is 14.8 Å². The Morgan fingerprint density at radius 3 is 2.32 bits per heavy atom. The molecule has 0 aromatic heterocycles. The Kier molecular flexibility index (Phi) is 5.04. The van der Waals surface area contributed by atoms with Crippen LogP contribution in [-0.2, 0) is 11.2 Å². The van der Waals surface area contributed by atoms with Gasteiger partial charge in [0.25, 0.3) is 0 Å². The lowest BCUT2D eigenvalue weighted by Crippen LogP contribution is -2.14.